The summed E-state index contributed by atoms with van der Waals surface area (Å²) in [5, 5.41) is 18.3. The number of benzene rings is 1. The molecule has 1 aromatic heterocycles. The van der Waals surface area contributed by atoms with E-state index in [1.807, 2.05) is 6.07 Å². The smallest absolute Gasteiger partial charge is 0.281 e. The maximum absolute atomic E-state index is 11.8. The van der Waals surface area contributed by atoms with E-state index in [0.29, 0.717) is 11.3 Å². The first-order valence-corrected chi connectivity index (χ1v) is 5.02. The average molecular weight is 243 g/mol. The fraction of sp³-hybridized carbons (Fsp3) is 0.0909. The molecule has 0 unspecified atom stereocenters. The number of amides is 1. The maximum atomic E-state index is 11.8. The molecule has 7 nitrogen and oxygen atoms in total. The van der Waals surface area contributed by atoms with Gasteiger partial charge in [-0.25, -0.2) is 4.63 Å². The average Bonchev–Trinajstić information content (AvgIpc) is 2.76. The Bertz CT molecular complexity index is 641. The normalized spacial score (nSPS) is 9.78. The van der Waals surface area contributed by atoms with Gasteiger partial charge in [0.1, 0.15) is 6.07 Å². The van der Waals surface area contributed by atoms with Gasteiger partial charge in [0.2, 0.25) is 11.5 Å². The molecule has 3 N–H and O–H groups in total. The van der Waals surface area contributed by atoms with Crippen molar-refractivity contribution in [3.63, 3.8) is 0 Å². The second-order valence-electron chi connectivity index (χ2n) is 3.56. The predicted molar refractivity (Wildman–Crippen MR) is 62.6 cm³/mol. The third-order valence-electron chi connectivity index (χ3n) is 2.36. The summed E-state index contributed by atoms with van der Waals surface area (Å²) >= 11 is 0. The van der Waals surface area contributed by atoms with Crippen molar-refractivity contribution in [1.82, 2.24) is 10.3 Å². The summed E-state index contributed by atoms with van der Waals surface area (Å²) in [5.74, 6) is -0.672. The fourth-order valence-electron chi connectivity index (χ4n) is 1.45. The van der Waals surface area contributed by atoms with Crippen LogP contribution in [-0.4, -0.2) is 16.2 Å². The number of nitrogens with zero attached hydrogens (tertiary/aromatic N) is 3. The quantitative estimate of drug-likeness (QED) is 0.814. The van der Waals surface area contributed by atoms with Crippen molar-refractivity contribution in [2.75, 3.05) is 11.1 Å². The number of aryl methyl sites for hydroxylation is 1. The first-order chi connectivity index (χ1) is 8.63. The molecule has 1 amide bonds. The number of nitriles is 1. The summed E-state index contributed by atoms with van der Waals surface area (Å²) < 4.78 is 4.33. The number of rotatable bonds is 2. The Balaban J connectivity index is 2.31. The number of carbonyl (C=O) groups is 1. The van der Waals surface area contributed by atoms with Crippen LogP contribution in [0.4, 0.5) is 11.5 Å². The summed E-state index contributed by atoms with van der Waals surface area (Å²) in [7, 11) is 0. The van der Waals surface area contributed by atoms with Crippen LogP contribution in [0.2, 0.25) is 0 Å². The molecule has 18 heavy (non-hydrogen) atoms. The van der Waals surface area contributed by atoms with Gasteiger partial charge in [0.25, 0.3) is 5.91 Å². The fourth-order valence-corrected chi connectivity index (χ4v) is 1.45. The Hall–Kier alpha value is -2.88. The Kier molecular flexibility index (Phi) is 2.93. The zero-order valence-corrected chi connectivity index (χ0v) is 9.47. The highest BCUT2D eigenvalue weighted by Gasteiger charge is 2.17. The molecule has 2 aromatic rings. The van der Waals surface area contributed by atoms with Crippen LogP contribution >= 0.6 is 0 Å². The Morgan fingerprint density at radius 3 is 2.89 bits per heavy atom. The van der Waals surface area contributed by atoms with E-state index >= 15 is 0 Å². The molecule has 0 saturated heterocycles. The zero-order valence-electron chi connectivity index (χ0n) is 9.47. The van der Waals surface area contributed by atoms with E-state index in [2.05, 4.69) is 20.3 Å². The van der Waals surface area contributed by atoms with Crippen molar-refractivity contribution in [2.24, 2.45) is 0 Å². The van der Waals surface area contributed by atoms with Crippen molar-refractivity contribution in [3.8, 4) is 6.07 Å². The van der Waals surface area contributed by atoms with E-state index < -0.39 is 5.91 Å². The molecule has 0 radical (unpaired) electrons. The van der Waals surface area contributed by atoms with Crippen molar-refractivity contribution in [3.05, 3.63) is 35.0 Å². The van der Waals surface area contributed by atoms with Crippen LogP contribution in [0.3, 0.4) is 0 Å². The van der Waals surface area contributed by atoms with Gasteiger partial charge < -0.3 is 11.1 Å². The molecule has 0 aliphatic rings. The lowest BCUT2D eigenvalue weighted by Crippen LogP contribution is -2.15. The standard InChI is InChI=1S/C11H9N5O2/c1-6-3-2-4-8(7(6)5-12)14-11(17)9-10(13)16-18-15-9/h2-4H,1H3,(H2,13,16)(H,14,17). The number of nitrogens with one attached hydrogen (secondary N) is 1. The van der Waals surface area contributed by atoms with E-state index in [9.17, 15) is 4.79 Å². The minimum Gasteiger partial charge on any atom is -0.379 e. The summed E-state index contributed by atoms with van der Waals surface area (Å²) in [4.78, 5) is 11.8. The van der Waals surface area contributed by atoms with Gasteiger partial charge in [-0.05, 0) is 28.9 Å². The van der Waals surface area contributed by atoms with E-state index in [0.717, 1.165) is 5.56 Å². The number of hydrogen-bond acceptors (Lipinski definition) is 6. The van der Waals surface area contributed by atoms with Crippen molar-refractivity contribution in [2.45, 2.75) is 6.92 Å². The minimum atomic E-state index is -0.573. The number of hydrogen-bond donors (Lipinski definition) is 2. The molecular formula is C11H9N5O2. The molecule has 0 aliphatic carbocycles. The zero-order chi connectivity index (χ0) is 13.1. The second-order valence-corrected chi connectivity index (χ2v) is 3.56. The number of nitrogens with two attached hydrogens (primary N) is 1. The lowest BCUT2D eigenvalue weighted by atomic mass is 10.1. The van der Waals surface area contributed by atoms with Crippen molar-refractivity contribution in [1.29, 1.82) is 5.26 Å². The molecule has 0 saturated carbocycles. The van der Waals surface area contributed by atoms with Gasteiger partial charge in [-0.15, -0.1) is 0 Å². The van der Waals surface area contributed by atoms with Gasteiger partial charge in [-0.3, -0.25) is 4.79 Å². The van der Waals surface area contributed by atoms with Crippen LogP contribution < -0.4 is 11.1 Å². The molecule has 90 valence electrons. The van der Waals surface area contributed by atoms with Gasteiger partial charge in [-0.1, -0.05) is 12.1 Å². The molecule has 1 aromatic carbocycles. The van der Waals surface area contributed by atoms with Crippen molar-refractivity contribution < 1.29 is 9.42 Å². The van der Waals surface area contributed by atoms with Crippen LogP contribution in [0.25, 0.3) is 0 Å². The molecule has 0 bridgehead atoms. The minimum absolute atomic E-state index is 0.0985. The summed E-state index contributed by atoms with van der Waals surface area (Å²) in [5.41, 5.74) is 6.84. The topological polar surface area (TPSA) is 118 Å². The maximum Gasteiger partial charge on any atom is 0.281 e. The molecule has 7 heteroatoms. The Morgan fingerprint density at radius 2 is 2.28 bits per heavy atom. The van der Waals surface area contributed by atoms with E-state index in [4.69, 9.17) is 11.0 Å². The molecule has 0 spiro atoms. The van der Waals surface area contributed by atoms with Gasteiger partial charge in [-0.2, -0.15) is 5.26 Å². The number of anilines is 2. The number of nitrogen functional groups attached to an aromatic ring is 1. The number of carbonyl (C=O) groups excluding carboxylic acids is 1. The van der Waals surface area contributed by atoms with Gasteiger partial charge in [0.15, 0.2) is 0 Å². The van der Waals surface area contributed by atoms with Gasteiger partial charge in [0, 0.05) is 0 Å². The lowest BCUT2D eigenvalue weighted by molar-refractivity contribution is 0.101. The Labute approximate surface area is 102 Å². The van der Waals surface area contributed by atoms with Crippen LogP contribution in [-0.2, 0) is 0 Å². The highest BCUT2D eigenvalue weighted by molar-refractivity contribution is 6.06. The van der Waals surface area contributed by atoms with Crippen LogP contribution in [0.1, 0.15) is 21.6 Å². The van der Waals surface area contributed by atoms with Crippen molar-refractivity contribution >= 4 is 17.4 Å². The number of aromatic nitrogens is 2. The highest BCUT2D eigenvalue weighted by Crippen LogP contribution is 2.19. The Morgan fingerprint density at radius 1 is 1.50 bits per heavy atom. The highest BCUT2D eigenvalue weighted by atomic mass is 16.6. The van der Waals surface area contributed by atoms with E-state index in [-0.39, 0.29) is 11.5 Å². The molecule has 0 atom stereocenters. The molecule has 1 heterocycles. The molecular weight excluding hydrogens is 234 g/mol. The molecule has 2 rings (SSSR count). The summed E-state index contributed by atoms with van der Waals surface area (Å²) in [6.45, 7) is 1.78. The SMILES string of the molecule is Cc1cccc(NC(=O)c2nonc2N)c1C#N. The first kappa shape index (κ1) is 11.6. The largest absolute Gasteiger partial charge is 0.379 e. The third kappa shape index (κ3) is 1.99. The third-order valence-corrected chi connectivity index (χ3v) is 2.36. The first-order valence-electron chi connectivity index (χ1n) is 5.02. The monoisotopic (exact) mass is 243 g/mol. The summed E-state index contributed by atoms with van der Waals surface area (Å²) in [6, 6.07) is 7.15. The van der Waals surface area contributed by atoms with Gasteiger partial charge in [0.05, 0.1) is 11.3 Å². The van der Waals surface area contributed by atoms with Crippen LogP contribution in [0.5, 0.6) is 0 Å². The molecule has 0 aliphatic heterocycles. The predicted octanol–water partition coefficient (Wildman–Crippen LogP) is 1.08. The van der Waals surface area contributed by atoms with Gasteiger partial charge >= 0.3 is 0 Å². The molecule has 0 fully saturated rings. The van der Waals surface area contributed by atoms with E-state index in [1.165, 1.54) is 0 Å². The summed E-state index contributed by atoms with van der Waals surface area (Å²) in [6.07, 6.45) is 0. The van der Waals surface area contributed by atoms with Crippen LogP contribution in [0.15, 0.2) is 22.8 Å². The lowest BCUT2D eigenvalue weighted by Gasteiger charge is -2.06. The second kappa shape index (κ2) is 4.55. The van der Waals surface area contributed by atoms with Crippen LogP contribution in [0, 0.1) is 18.3 Å². The van der Waals surface area contributed by atoms with E-state index in [1.54, 1.807) is 25.1 Å².